The van der Waals surface area contributed by atoms with E-state index in [1.54, 1.807) is 28.9 Å². The average Bonchev–Trinajstić information content (AvgIpc) is 3.02. The second kappa shape index (κ2) is 5.91. The Morgan fingerprint density at radius 3 is 2.83 bits per heavy atom. The summed E-state index contributed by atoms with van der Waals surface area (Å²) in [5.74, 6) is 0.139. The summed E-state index contributed by atoms with van der Waals surface area (Å²) < 4.78 is 0. The first-order valence-corrected chi connectivity index (χ1v) is 9.41. The van der Waals surface area contributed by atoms with Gasteiger partial charge < -0.3 is 5.32 Å². The van der Waals surface area contributed by atoms with Crippen LogP contribution < -0.4 is 5.32 Å². The Labute approximate surface area is 143 Å². The van der Waals surface area contributed by atoms with Gasteiger partial charge in [0.05, 0.1) is 11.1 Å². The van der Waals surface area contributed by atoms with Crippen LogP contribution in [-0.2, 0) is 16.8 Å². The monoisotopic (exact) mass is 340 g/mol. The largest absolute Gasteiger partial charge is 0.351 e. The second-order valence-corrected chi connectivity index (χ2v) is 7.49. The third kappa shape index (κ3) is 2.71. The van der Waals surface area contributed by atoms with Crippen LogP contribution in [0.3, 0.4) is 0 Å². The number of pyridine rings is 1. The van der Waals surface area contributed by atoms with Crippen LogP contribution in [0.2, 0.25) is 0 Å². The number of aromatic nitrogens is 1. The van der Waals surface area contributed by atoms with Gasteiger partial charge in [0.1, 0.15) is 0 Å². The molecule has 1 fully saturated rings. The predicted molar refractivity (Wildman–Crippen MR) is 94.6 cm³/mol. The lowest BCUT2D eigenvalue weighted by Gasteiger charge is -2.15. The van der Waals surface area contributed by atoms with Crippen LogP contribution in [-0.4, -0.2) is 10.9 Å². The highest BCUT2D eigenvalue weighted by Gasteiger charge is 2.51. The van der Waals surface area contributed by atoms with Gasteiger partial charge in [-0.25, -0.2) is 0 Å². The maximum atomic E-state index is 12.7. The summed E-state index contributed by atoms with van der Waals surface area (Å²) in [6.07, 6.45) is 3.69. The highest BCUT2D eigenvalue weighted by Crippen LogP contribution is 2.50. The van der Waals surface area contributed by atoms with E-state index in [9.17, 15) is 4.79 Å². The van der Waals surface area contributed by atoms with Crippen molar-refractivity contribution >= 4 is 28.6 Å². The summed E-state index contributed by atoms with van der Waals surface area (Å²) in [5, 5.41) is 9.29. The van der Waals surface area contributed by atoms with Crippen LogP contribution in [0.1, 0.15) is 23.3 Å². The van der Waals surface area contributed by atoms with Crippen molar-refractivity contribution in [2.45, 2.75) is 24.8 Å². The average molecular weight is 340 g/mol. The molecule has 0 atom stereocenters. The minimum absolute atomic E-state index is 0.139. The molecule has 0 unspecified atom stereocenters. The molecule has 4 rings (SSSR count). The zero-order valence-corrected chi connectivity index (χ0v) is 14.1. The highest BCUT2D eigenvalue weighted by atomic mass is 32.1. The molecule has 1 amide bonds. The summed E-state index contributed by atoms with van der Waals surface area (Å²) in [7, 11) is 0. The number of hydrogen-bond acceptors (Lipinski definition) is 4. The van der Waals surface area contributed by atoms with Crippen molar-refractivity contribution in [3.05, 3.63) is 63.1 Å². The van der Waals surface area contributed by atoms with Crippen molar-refractivity contribution < 1.29 is 4.79 Å². The van der Waals surface area contributed by atoms with E-state index in [-0.39, 0.29) is 11.3 Å². The Kier molecular flexibility index (Phi) is 3.75. The fourth-order valence-corrected chi connectivity index (χ4v) is 4.47. The summed E-state index contributed by atoms with van der Waals surface area (Å²) in [4.78, 5) is 18.3. The van der Waals surface area contributed by atoms with Gasteiger partial charge in [0, 0.05) is 28.6 Å². The first kappa shape index (κ1) is 14.6. The second-order valence-electron chi connectivity index (χ2n) is 5.77. The molecular weight excluding hydrogens is 324 g/mol. The quantitative estimate of drug-likeness (QED) is 0.755. The van der Waals surface area contributed by atoms with Crippen LogP contribution in [0, 0.1) is 0 Å². The molecule has 0 spiro atoms. The van der Waals surface area contributed by atoms with E-state index >= 15 is 0 Å². The lowest BCUT2D eigenvalue weighted by molar-refractivity contribution is -0.123. The minimum Gasteiger partial charge on any atom is -0.351 e. The molecule has 1 N–H and O–H groups in total. The van der Waals surface area contributed by atoms with Gasteiger partial charge in [-0.2, -0.15) is 11.3 Å². The minimum atomic E-state index is -0.279. The molecular formula is C18H16N2OS2. The van der Waals surface area contributed by atoms with Gasteiger partial charge in [0.25, 0.3) is 0 Å². The number of rotatable bonds is 5. The number of nitrogens with zero attached hydrogens (tertiary/aromatic N) is 1. The van der Waals surface area contributed by atoms with E-state index in [4.69, 9.17) is 0 Å². The maximum absolute atomic E-state index is 12.7. The van der Waals surface area contributed by atoms with Crippen molar-refractivity contribution in [1.82, 2.24) is 10.3 Å². The molecule has 116 valence electrons. The van der Waals surface area contributed by atoms with Crippen molar-refractivity contribution in [1.29, 1.82) is 0 Å². The normalized spacial score (nSPS) is 15.3. The zero-order valence-electron chi connectivity index (χ0n) is 12.5. The highest BCUT2D eigenvalue weighted by molar-refractivity contribution is 7.10. The van der Waals surface area contributed by atoms with Crippen molar-refractivity contribution in [3.63, 3.8) is 0 Å². The van der Waals surface area contributed by atoms with E-state index in [2.05, 4.69) is 27.8 Å². The van der Waals surface area contributed by atoms with Gasteiger partial charge in [-0.3, -0.25) is 9.78 Å². The molecule has 0 saturated heterocycles. The molecule has 3 heterocycles. The van der Waals surface area contributed by atoms with E-state index in [0.717, 1.165) is 29.7 Å². The summed E-state index contributed by atoms with van der Waals surface area (Å²) in [5.41, 5.74) is 2.84. The van der Waals surface area contributed by atoms with Gasteiger partial charge in [-0.05, 0) is 47.4 Å². The maximum Gasteiger partial charge on any atom is 0.231 e. The predicted octanol–water partition coefficient (Wildman–Crippen LogP) is 4.22. The van der Waals surface area contributed by atoms with Crippen molar-refractivity contribution in [2.75, 3.05) is 0 Å². The van der Waals surface area contributed by atoms with E-state index in [1.165, 1.54) is 4.88 Å². The molecule has 0 aromatic carbocycles. The topological polar surface area (TPSA) is 42.0 Å². The van der Waals surface area contributed by atoms with Crippen LogP contribution in [0.4, 0.5) is 0 Å². The van der Waals surface area contributed by atoms with E-state index in [0.29, 0.717) is 6.54 Å². The molecule has 0 bridgehead atoms. The molecule has 3 aromatic rings. The van der Waals surface area contributed by atoms with Crippen LogP contribution >= 0.6 is 22.7 Å². The first-order valence-electron chi connectivity index (χ1n) is 7.58. The fourth-order valence-electron chi connectivity index (χ4n) is 2.85. The standard InChI is InChI=1S/C18H16N2OS2/c21-17(18(6-7-18)15-4-2-9-23-15)20-11-13-3-1-8-19-16(13)14-5-10-22-12-14/h1-5,8-10,12H,6-7,11H2,(H,20,21). The Bertz CT molecular complexity index is 805. The van der Waals surface area contributed by atoms with Crippen molar-refractivity contribution in [2.24, 2.45) is 0 Å². The number of nitrogens with one attached hydrogen (secondary N) is 1. The Balaban J connectivity index is 1.51. The first-order chi connectivity index (χ1) is 11.3. The van der Waals surface area contributed by atoms with Gasteiger partial charge >= 0.3 is 0 Å². The smallest absolute Gasteiger partial charge is 0.231 e. The molecule has 0 aliphatic heterocycles. The fraction of sp³-hybridized carbons (Fsp3) is 0.222. The number of amides is 1. The van der Waals surface area contributed by atoms with Gasteiger partial charge in [-0.1, -0.05) is 12.1 Å². The van der Waals surface area contributed by atoms with Gasteiger partial charge in [0.2, 0.25) is 5.91 Å². The van der Waals surface area contributed by atoms with E-state index in [1.807, 2.05) is 29.0 Å². The lowest BCUT2D eigenvalue weighted by Crippen LogP contribution is -2.33. The third-order valence-electron chi connectivity index (χ3n) is 4.30. The molecule has 23 heavy (non-hydrogen) atoms. The number of thiophene rings is 2. The number of hydrogen-bond donors (Lipinski definition) is 1. The molecule has 1 saturated carbocycles. The van der Waals surface area contributed by atoms with E-state index < -0.39 is 0 Å². The Morgan fingerprint density at radius 1 is 1.22 bits per heavy atom. The number of carbonyl (C=O) groups excluding carboxylic acids is 1. The van der Waals surface area contributed by atoms with Crippen LogP contribution in [0.5, 0.6) is 0 Å². The molecule has 3 nitrogen and oxygen atoms in total. The third-order valence-corrected chi connectivity index (χ3v) is 6.06. The van der Waals surface area contributed by atoms with Crippen LogP contribution in [0.25, 0.3) is 11.3 Å². The Hall–Kier alpha value is -1.98. The summed E-state index contributed by atoms with van der Waals surface area (Å²) in [6, 6.07) is 10.1. The summed E-state index contributed by atoms with van der Waals surface area (Å²) in [6.45, 7) is 0.519. The molecule has 3 aromatic heterocycles. The summed E-state index contributed by atoms with van der Waals surface area (Å²) >= 11 is 3.33. The molecule has 1 aliphatic rings. The SMILES string of the molecule is O=C(NCc1cccnc1-c1ccsc1)C1(c2cccs2)CC1. The van der Waals surface area contributed by atoms with Gasteiger partial charge in [-0.15, -0.1) is 11.3 Å². The van der Waals surface area contributed by atoms with Gasteiger partial charge in [0.15, 0.2) is 0 Å². The molecule has 1 aliphatic carbocycles. The van der Waals surface area contributed by atoms with Crippen LogP contribution in [0.15, 0.2) is 52.7 Å². The van der Waals surface area contributed by atoms with Crippen molar-refractivity contribution in [3.8, 4) is 11.3 Å². The lowest BCUT2D eigenvalue weighted by atomic mass is 10.0. The molecule has 5 heteroatoms. The zero-order chi connectivity index (χ0) is 15.7. The molecule has 0 radical (unpaired) electrons. The number of carbonyl (C=O) groups is 1. The Morgan fingerprint density at radius 2 is 2.13 bits per heavy atom.